The lowest BCUT2D eigenvalue weighted by Crippen LogP contribution is -2.33. The molecule has 1 atom stereocenters. The van der Waals surface area contributed by atoms with Crippen LogP contribution in [-0.2, 0) is 6.54 Å². The summed E-state index contributed by atoms with van der Waals surface area (Å²) in [6.07, 6.45) is 7.61. The zero-order valence-electron chi connectivity index (χ0n) is 20.1. The number of anilines is 2. The third kappa shape index (κ3) is 5.89. The van der Waals surface area contributed by atoms with E-state index in [0.29, 0.717) is 24.5 Å². The molecular weight excluding hydrogens is 444 g/mol. The van der Waals surface area contributed by atoms with Crippen LogP contribution < -0.4 is 15.4 Å². The standard InChI is InChI=1S/C27H34N4O2S/c1-3-4-5-6-8-24(25-9-7-16-34-25)33-21-12-10-20(11-13-21)19-31-15-14-30(2)23-17-26(28)29-18-22(23)27(31)32/h7,9-13,16-18,24H,3-6,8,14-15,19H2,1-2H3,(H2,28,29)/t24-/m0/s1. The molecule has 1 amide bonds. The highest BCUT2D eigenvalue weighted by molar-refractivity contribution is 7.10. The summed E-state index contributed by atoms with van der Waals surface area (Å²) in [6.45, 7) is 4.16. The van der Waals surface area contributed by atoms with Crippen molar-refractivity contribution >= 4 is 28.7 Å². The van der Waals surface area contributed by atoms with Gasteiger partial charge in [-0.15, -0.1) is 11.3 Å². The van der Waals surface area contributed by atoms with Crippen LogP contribution >= 0.6 is 11.3 Å². The van der Waals surface area contributed by atoms with Crippen molar-refractivity contribution < 1.29 is 9.53 Å². The second-order valence-corrected chi connectivity index (χ2v) is 9.87. The first-order chi connectivity index (χ1) is 16.5. The Balaban J connectivity index is 1.42. The Bertz CT molecular complexity index is 1070. The van der Waals surface area contributed by atoms with E-state index in [-0.39, 0.29) is 12.0 Å². The maximum Gasteiger partial charge on any atom is 0.257 e. The van der Waals surface area contributed by atoms with E-state index in [1.165, 1.54) is 30.6 Å². The Morgan fingerprint density at radius 2 is 1.97 bits per heavy atom. The number of pyridine rings is 1. The highest BCUT2D eigenvalue weighted by atomic mass is 32.1. The molecule has 1 aromatic carbocycles. The van der Waals surface area contributed by atoms with Crippen molar-refractivity contribution in [1.29, 1.82) is 0 Å². The molecule has 4 rings (SSSR count). The van der Waals surface area contributed by atoms with Gasteiger partial charge >= 0.3 is 0 Å². The predicted molar refractivity (Wildman–Crippen MR) is 140 cm³/mol. The number of amides is 1. The van der Waals surface area contributed by atoms with E-state index in [1.807, 2.05) is 24.1 Å². The van der Waals surface area contributed by atoms with Gasteiger partial charge in [-0.25, -0.2) is 4.98 Å². The Morgan fingerprint density at radius 3 is 2.71 bits per heavy atom. The van der Waals surface area contributed by atoms with Gasteiger partial charge in [0.05, 0.1) is 11.3 Å². The van der Waals surface area contributed by atoms with Crippen molar-refractivity contribution in [3.05, 3.63) is 70.0 Å². The van der Waals surface area contributed by atoms with Crippen molar-refractivity contribution in [1.82, 2.24) is 9.88 Å². The van der Waals surface area contributed by atoms with E-state index in [0.717, 1.165) is 30.0 Å². The second kappa shape index (κ2) is 11.4. The summed E-state index contributed by atoms with van der Waals surface area (Å²) in [5.41, 5.74) is 8.35. The molecule has 1 aliphatic heterocycles. The Kier molecular flexibility index (Phi) is 8.06. The van der Waals surface area contributed by atoms with Gasteiger partial charge in [-0.3, -0.25) is 4.79 Å². The molecule has 0 unspecified atom stereocenters. The molecule has 3 heterocycles. The highest BCUT2D eigenvalue weighted by Gasteiger charge is 2.25. The number of rotatable bonds is 10. The molecule has 1 aliphatic rings. The van der Waals surface area contributed by atoms with E-state index in [1.54, 1.807) is 23.6 Å². The summed E-state index contributed by atoms with van der Waals surface area (Å²) < 4.78 is 6.40. The molecule has 0 aliphatic carbocycles. The molecule has 180 valence electrons. The summed E-state index contributed by atoms with van der Waals surface area (Å²) in [7, 11) is 1.98. The van der Waals surface area contributed by atoms with Gasteiger partial charge in [0.25, 0.3) is 5.91 Å². The molecule has 0 radical (unpaired) electrons. The van der Waals surface area contributed by atoms with Crippen LogP contribution in [0.2, 0.25) is 0 Å². The third-order valence-electron chi connectivity index (χ3n) is 6.29. The Hall–Kier alpha value is -3.06. The Morgan fingerprint density at radius 1 is 1.15 bits per heavy atom. The number of aromatic nitrogens is 1. The number of fused-ring (bicyclic) bond motifs is 1. The van der Waals surface area contributed by atoms with Gasteiger partial charge < -0.3 is 20.3 Å². The smallest absolute Gasteiger partial charge is 0.257 e. The molecule has 0 spiro atoms. The fourth-order valence-corrected chi connectivity index (χ4v) is 5.09. The summed E-state index contributed by atoms with van der Waals surface area (Å²) in [5.74, 6) is 1.27. The van der Waals surface area contributed by atoms with Crippen molar-refractivity contribution in [3.8, 4) is 5.75 Å². The lowest BCUT2D eigenvalue weighted by Gasteiger charge is -2.22. The number of hydrogen-bond donors (Lipinski definition) is 1. The minimum Gasteiger partial charge on any atom is -0.485 e. The minimum atomic E-state index is -0.0167. The van der Waals surface area contributed by atoms with Crippen molar-refractivity contribution in [3.63, 3.8) is 0 Å². The lowest BCUT2D eigenvalue weighted by atomic mass is 10.1. The van der Waals surface area contributed by atoms with Gasteiger partial charge in [-0.05, 0) is 42.0 Å². The predicted octanol–water partition coefficient (Wildman–Crippen LogP) is 5.91. The van der Waals surface area contributed by atoms with Crippen LogP contribution in [-0.4, -0.2) is 35.9 Å². The fraction of sp³-hybridized carbons (Fsp3) is 0.407. The van der Waals surface area contributed by atoms with Crippen molar-refractivity contribution in [2.45, 2.75) is 51.7 Å². The number of thiophene rings is 1. The molecule has 34 heavy (non-hydrogen) atoms. The summed E-state index contributed by atoms with van der Waals surface area (Å²) in [4.78, 5) is 22.5. The molecule has 7 heteroatoms. The Labute approximate surface area is 206 Å². The van der Waals surface area contributed by atoms with Crippen LogP contribution in [0.5, 0.6) is 5.75 Å². The average Bonchev–Trinajstić information content (AvgIpc) is 3.35. The van der Waals surface area contributed by atoms with E-state index < -0.39 is 0 Å². The highest BCUT2D eigenvalue weighted by Crippen LogP contribution is 2.31. The molecule has 0 fully saturated rings. The zero-order valence-corrected chi connectivity index (χ0v) is 20.9. The van der Waals surface area contributed by atoms with E-state index in [4.69, 9.17) is 10.5 Å². The van der Waals surface area contributed by atoms with Crippen LogP contribution in [0.3, 0.4) is 0 Å². The first-order valence-corrected chi connectivity index (χ1v) is 13.0. The van der Waals surface area contributed by atoms with Crippen LogP contribution in [0.1, 0.15) is 65.9 Å². The number of carbonyl (C=O) groups is 1. The molecule has 0 saturated carbocycles. The zero-order chi connectivity index (χ0) is 23.9. The minimum absolute atomic E-state index is 0.0167. The second-order valence-electron chi connectivity index (χ2n) is 8.89. The molecule has 3 aromatic rings. The SMILES string of the molecule is CCCCCC[C@H](Oc1ccc(CN2CCN(C)c3cc(N)ncc3C2=O)cc1)c1cccs1. The third-order valence-corrected chi connectivity index (χ3v) is 7.26. The topological polar surface area (TPSA) is 71.7 Å². The first-order valence-electron chi connectivity index (χ1n) is 12.1. The molecule has 0 bridgehead atoms. The van der Waals surface area contributed by atoms with Crippen molar-refractivity contribution in [2.75, 3.05) is 30.8 Å². The molecule has 0 saturated heterocycles. The normalized spacial score (nSPS) is 14.6. The molecule has 2 aromatic heterocycles. The van der Waals surface area contributed by atoms with Crippen LogP contribution in [0.25, 0.3) is 0 Å². The summed E-state index contributed by atoms with van der Waals surface area (Å²) in [5, 5.41) is 2.11. The number of nitrogens with two attached hydrogens (primary N) is 1. The lowest BCUT2D eigenvalue weighted by molar-refractivity contribution is 0.0754. The number of nitrogen functional groups attached to an aromatic ring is 1. The van der Waals surface area contributed by atoms with Gasteiger partial charge in [0.1, 0.15) is 17.7 Å². The van der Waals surface area contributed by atoms with Crippen LogP contribution in [0.4, 0.5) is 11.5 Å². The van der Waals surface area contributed by atoms with Gasteiger partial charge in [0.2, 0.25) is 0 Å². The van der Waals surface area contributed by atoms with Crippen LogP contribution in [0.15, 0.2) is 54.0 Å². The van der Waals surface area contributed by atoms with Gasteiger partial charge in [0, 0.05) is 43.8 Å². The van der Waals surface area contributed by atoms with E-state index in [9.17, 15) is 4.79 Å². The number of benzene rings is 1. The van der Waals surface area contributed by atoms with Gasteiger partial charge in [-0.2, -0.15) is 0 Å². The van der Waals surface area contributed by atoms with Gasteiger partial charge in [-0.1, -0.05) is 44.4 Å². The van der Waals surface area contributed by atoms with Crippen LogP contribution in [0, 0.1) is 0 Å². The summed E-state index contributed by atoms with van der Waals surface area (Å²) in [6, 6.07) is 14.2. The van der Waals surface area contributed by atoms with E-state index in [2.05, 4.69) is 46.5 Å². The quantitative estimate of drug-likeness (QED) is 0.367. The number of nitrogens with zero attached hydrogens (tertiary/aromatic N) is 3. The number of carbonyl (C=O) groups excluding carboxylic acids is 1. The largest absolute Gasteiger partial charge is 0.485 e. The fourth-order valence-electron chi connectivity index (χ4n) is 4.30. The first kappa shape index (κ1) is 24.1. The number of ether oxygens (including phenoxy) is 1. The van der Waals surface area contributed by atoms with Gasteiger partial charge in [0.15, 0.2) is 0 Å². The molecular formula is C27H34N4O2S. The monoisotopic (exact) mass is 478 g/mol. The maximum absolute atomic E-state index is 13.2. The average molecular weight is 479 g/mol. The summed E-state index contributed by atoms with van der Waals surface area (Å²) >= 11 is 1.75. The molecule has 2 N–H and O–H groups in total. The number of hydrogen-bond acceptors (Lipinski definition) is 6. The maximum atomic E-state index is 13.2. The molecule has 6 nitrogen and oxygen atoms in total. The van der Waals surface area contributed by atoms with Crippen molar-refractivity contribution in [2.24, 2.45) is 0 Å². The number of unbranched alkanes of at least 4 members (excludes halogenated alkanes) is 3. The van der Waals surface area contributed by atoms with E-state index >= 15 is 0 Å². The number of likely N-dealkylation sites (N-methyl/N-ethyl adjacent to an activating group) is 1.